The van der Waals surface area contributed by atoms with Crippen LogP contribution in [-0.4, -0.2) is 0 Å². The lowest BCUT2D eigenvalue weighted by atomic mass is 10.0. The van der Waals surface area contributed by atoms with Gasteiger partial charge >= 0.3 is 0 Å². The summed E-state index contributed by atoms with van der Waals surface area (Å²) < 4.78 is 0. The summed E-state index contributed by atoms with van der Waals surface area (Å²) >= 11 is 0. The molecule has 0 aliphatic heterocycles. The van der Waals surface area contributed by atoms with E-state index in [-0.39, 0.29) is 0 Å². The van der Waals surface area contributed by atoms with Crippen LogP contribution < -0.4 is 0 Å². The molecule has 0 radical (unpaired) electrons. The SMILES string of the molecule is CC(C)=CCC/C(C)=C/CCC(C)=CCCC(C)=C(C)C. The average Bonchev–Trinajstić information content (AvgIpc) is 2.37. The molecule has 0 saturated heterocycles. The van der Waals surface area contributed by atoms with E-state index >= 15 is 0 Å². The van der Waals surface area contributed by atoms with Crippen molar-refractivity contribution in [1.82, 2.24) is 0 Å². The van der Waals surface area contributed by atoms with Gasteiger partial charge in [-0.3, -0.25) is 0 Å². The highest BCUT2D eigenvalue weighted by Gasteiger charge is 1.94. The molecule has 0 rings (SSSR count). The molecule has 120 valence electrons. The molecule has 0 fully saturated rings. The largest absolute Gasteiger partial charge is 0.0856 e. The third-order valence-corrected chi connectivity index (χ3v) is 3.99. The highest BCUT2D eigenvalue weighted by molar-refractivity contribution is 5.09. The second-order valence-corrected chi connectivity index (χ2v) is 6.78. The molecule has 0 spiro atoms. The van der Waals surface area contributed by atoms with Gasteiger partial charge in [0.1, 0.15) is 0 Å². The fourth-order valence-corrected chi connectivity index (χ4v) is 2.12. The van der Waals surface area contributed by atoms with Gasteiger partial charge in [0.15, 0.2) is 0 Å². The quantitative estimate of drug-likeness (QED) is 0.384. The molecule has 0 bridgehead atoms. The van der Waals surface area contributed by atoms with Crippen LogP contribution >= 0.6 is 0 Å². The number of hydrogen-bond donors (Lipinski definition) is 0. The number of allylic oxidation sites excluding steroid dienone is 8. The van der Waals surface area contributed by atoms with Gasteiger partial charge in [-0.15, -0.1) is 0 Å². The van der Waals surface area contributed by atoms with Crippen LogP contribution in [0.1, 0.15) is 87.0 Å². The maximum Gasteiger partial charge on any atom is -0.0286 e. The summed E-state index contributed by atoms with van der Waals surface area (Å²) in [7, 11) is 0. The second-order valence-electron chi connectivity index (χ2n) is 6.78. The zero-order valence-electron chi connectivity index (χ0n) is 15.5. The fraction of sp³-hybridized carbons (Fsp3) is 0.619. The Morgan fingerprint density at radius 1 is 0.571 bits per heavy atom. The summed E-state index contributed by atoms with van der Waals surface area (Å²) in [5.74, 6) is 0. The van der Waals surface area contributed by atoms with E-state index in [1.807, 2.05) is 0 Å². The minimum atomic E-state index is 1.18. The molecular weight excluding hydrogens is 252 g/mol. The Kier molecular flexibility index (Phi) is 11.0. The second kappa shape index (κ2) is 11.6. The first-order valence-electron chi connectivity index (χ1n) is 8.40. The normalized spacial score (nSPS) is 12.3. The minimum Gasteiger partial charge on any atom is -0.0856 e. The third-order valence-electron chi connectivity index (χ3n) is 3.99. The molecule has 21 heavy (non-hydrogen) atoms. The molecule has 0 atom stereocenters. The lowest BCUT2D eigenvalue weighted by molar-refractivity contribution is 0.895. The molecule has 0 aliphatic rings. The highest BCUT2D eigenvalue weighted by Crippen LogP contribution is 2.14. The van der Waals surface area contributed by atoms with Crippen LogP contribution in [0.4, 0.5) is 0 Å². The standard InChI is InChI=1S/C21H36/c1-17(2)11-8-12-19(5)13-9-14-20(6)15-10-16-21(7)18(3)4/h11,13,15H,8-10,12,14,16H2,1-7H3/b19-13+,20-15?. The Hall–Kier alpha value is -1.04. The van der Waals surface area contributed by atoms with E-state index in [0.29, 0.717) is 0 Å². The van der Waals surface area contributed by atoms with E-state index in [1.165, 1.54) is 66.4 Å². The molecule has 0 aliphatic carbocycles. The summed E-state index contributed by atoms with van der Waals surface area (Å²) in [4.78, 5) is 0. The van der Waals surface area contributed by atoms with Gasteiger partial charge in [0.2, 0.25) is 0 Å². The Morgan fingerprint density at radius 3 is 1.43 bits per heavy atom. The minimum absolute atomic E-state index is 1.18. The third kappa shape index (κ3) is 12.4. The Bertz CT molecular complexity index is 405. The van der Waals surface area contributed by atoms with Gasteiger partial charge in [0, 0.05) is 0 Å². The monoisotopic (exact) mass is 288 g/mol. The summed E-state index contributed by atoms with van der Waals surface area (Å²) in [6, 6.07) is 0. The molecule has 0 N–H and O–H groups in total. The topological polar surface area (TPSA) is 0 Å². The van der Waals surface area contributed by atoms with Crippen molar-refractivity contribution in [2.75, 3.05) is 0 Å². The van der Waals surface area contributed by atoms with Crippen molar-refractivity contribution in [1.29, 1.82) is 0 Å². The predicted molar refractivity (Wildman–Crippen MR) is 98.7 cm³/mol. The predicted octanol–water partition coefficient (Wildman–Crippen LogP) is 7.54. The maximum atomic E-state index is 2.42. The lowest BCUT2D eigenvalue weighted by Gasteiger charge is -2.03. The van der Waals surface area contributed by atoms with Crippen LogP contribution in [0.2, 0.25) is 0 Å². The van der Waals surface area contributed by atoms with E-state index in [1.54, 1.807) is 0 Å². The van der Waals surface area contributed by atoms with Crippen molar-refractivity contribution < 1.29 is 0 Å². The Balaban J connectivity index is 3.99. The van der Waals surface area contributed by atoms with E-state index < -0.39 is 0 Å². The maximum absolute atomic E-state index is 2.42. The zero-order valence-corrected chi connectivity index (χ0v) is 15.5. The highest BCUT2D eigenvalue weighted by atomic mass is 14.0. The molecule has 0 aromatic heterocycles. The van der Waals surface area contributed by atoms with Crippen molar-refractivity contribution in [2.45, 2.75) is 87.0 Å². The first-order chi connectivity index (χ1) is 9.82. The molecule has 0 unspecified atom stereocenters. The number of rotatable bonds is 9. The smallest absolute Gasteiger partial charge is 0.0286 e. The van der Waals surface area contributed by atoms with E-state index in [0.717, 1.165) is 0 Å². The van der Waals surface area contributed by atoms with Crippen LogP contribution in [-0.2, 0) is 0 Å². The first kappa shape index (κ1) is 20.0. The molecule has 0 aromatic carbocycles. The van der Waals surface area contributed by atoms with Crippen molar-refractivity contribution in [3.8, 4) is 0 Å². The van der Waals surface area contributed by atoms with Crippen LogP contribution in [0.5, 0.6) is 0 Å². The summed E-state index contributed by atoms with van der Waals surface area (Å²) in [5, 5.41) is 0. The lowest BCUT2D eigenvalue weighted by Crippen LogP contribution is -1.83. The van der Waals surface area contributed by atoms with Gasteiger partial charge in [-0.25, -0.2) is 0 Å². The summed E-state index contributed by atoms with van der Waals surface area (Å²) in [5.41, 5.74) is 7.49. The van der Waals surface area contributed by atoms with Crippen molar-refractivity contribution in [3.05, 3.63) is 46.1 Å². The molecule has 0 heteroatoms. The van der Waals surface area contributed by atoms with Crippen LogP contribution in [0, 0.1) is 0 Å². The van der Waals surface area contributed by atoms with Gasteiger partial charge in [-0.1, -0.05) is 46.1 Å². The van der Waals surface area contributed by atoms with Gasteiger partial charge < -0.3 is 0 Å². The zero-order chi connectivity index (χ0) is 16.3. The van der Waals surface area contributed by atoms with Crippen LogP contribution in [0.25, 0.3) is 0 Å². The summed E-state index contributed by atoms with van der Waals surface area (Å²) in [6.07, 6.45) is 14.3. The van der Waals surface area contributed by atoms with Gasteiger partial charge in [-0.05, 0) is 87.0 Å². The molecule has 0 aromatic rings. The van der Waals surface area contributed by atoms with Gasteiger partial charge in [0.25, 0.3) is 0 Å². The fourth-order valence-electron chi connectivity index (χ4n) is 2.12. The van der Waals surface area contributed by atoms with E-state index in [2.05, 4.69) is 66.7 Å². The van der Waals surface area contributed by atoms with Crippen LogP contribution in [0.3, 0.4) is 0 Å². The van der Waals surface area contributed by atoms with Crippen LogP contribution in [0.15, 0.2) is 46.1 Å². The van der Waals surface area contributed by atoms with Gasteiger partial charge in [-0.2, -0.15) is 0 Å². The molecule has 0 heterocycles. The summed E-state index contributed by atoms with van der Waals surface area (Å²) in [6.45, 7) is 15.5. The van der Waals surface area contributed by atoms with E-state index in [9.17, 15) is 0 Å². The first-order valence-corrected chi connectivity index (χ1v) is 8.40. The number of hydrogen-bond acceptors (Lipinski definition) is 0. The Labute approximate surface area is 133 Å². The molecule has 0 amide bonds. The molecule has 0 saturated carbocycles. The average molecular weight is 289 g/mol. The van der Waals surface area contributed by atoms with Gasteiger partial charge in [0.05, 0.1) is 0 Å². The van der Waals surface area contributed by atoms with E-state index in [4.69, 9.17) is 0 Å². The van der Waals surface area contributed by atoms with Crippen molar-refractivity contribution in [2.24, 2.45) is 0 Å². The van der Waals surface area contributed by atoms with Crippen molar-refractivity contribution >= 4 is 0 Å². The molecule has 0 nitrogen and oxygen atoms in total. The molecular formula is C21H36. The Morgan fingerprint density at radius 2 is 1.00 bits per heavy atom. The van der Waals surface area contributed by atoms with Crippen molar-refractivity contribution in [3.63, 3.8) is 0 Å².